The van der Waals surface area contributed by atoms with Crippen molar-refractivity contribution in [2.24, 2.45) is 5.92 Å². The first-order valence-corrected chi connectivity index (χ1v) is 13.3. The summed E-state index contributed by atoms with van der Waals surface area (Å²) >= 11 is 0. The van der Waals surface area contributed by atoms with Gasteiger partial charge in [-0.15, -0.1) is 0 Å². The van der Waals surface area contributed by atoms with Gasteiger partial charge in [-0.2, -0.15) is 8.42 Å². The van der Waals surface area contributed by atoms with Crippen molar-refractivity contribution < 1.29 is 26.9 Å². The number of hydrogen-bond acceptors (Lipinski definition) is 7. The fourth-order valence-electron chi connectivity index (χ4n) is 4.22. The summed E-state index contributed by atoms with van der Waals surface area (Å²) < 4.78 is 41.9. The third-order valence-corrected chi connectivity index (χ3v) is 7.67. The fourth-order valence-corrected chi connectivity index (χ4v) is 5.20. The molecule has 0 saturated heterocycles. The molecule has 1 aromatic heterocycles. The van der Waals surface area contributed by atoms with Crippen molar-refractivity contribution in [3.05, 3.63) is 52.7 Å². The van der Waals surface area contributed by atoms with E-state index in [1.165, 1.54) is 0 Å². The Labute approximate surface area is 207 Å². The van der Waals surface area contributed by atoms with Crippen LogP contribution in [-0.4, -0.2) is 43.8 Å². The Bertz CT molecular complexity index is 1200. The zero-order valence-corrected chi connectivity index (χ0v) is 21.8. The molecule has 2 aliphatic rings. The van der Waals surface area contributed by atoms with E-state index in [1.807, 2.05) is 34.6 Å². The van der Waals surface area contributed by atoms with Gasteiger partial charge in [0.1, 0.15) is 12.2 Å². The van der Waals surface area contributed by atoms with Crippen LogP contribution >= 0.6 is 0 Å². The van der Waals surface area contributed by atoms with Gasteiger partial charge in [0.2, 0.25) is 5.88 Å². The average molecular weight is 503 g/mol. The molecular formula is C26H34N2O6S. The second-order valence-corrected chi connectivity index (χ2v) is 12.3. The lowest BCUT2D eigenvalue weighted by Crippen LogP contribution is -2.44. The van der Waals surface area contributed by atoms with Crippen LogP contribution in [0.2, 0.25) is 0 Å². The van der Waals surface area contributed by atoms with Crippen molar-refractivity contribution in [2.75, 3.05) is 13.2 Å². The maximum absolute atomic E-state index is 12.5. The Morgan fingerprint density at radius 2 is 1.83 bits per heavy atom. The Kier molecular flexibility index (Phi) is 6.85. The lowest BCUT2D eigenvalue weighted by molar-refractivity contribution is 0.0476. The molecule has 190 valence electrons. The second kappa shape index (κ2) is 9.43. The molecule has 1 fully saturated rings. The predicted octanol–water partition coefficient (Wildman–Crippen LogP) is 4.25. The quantitative estimate of drug-likeness (QED) is 0.538. The third kappa shape index (κ3) is 6.32. The molecule has 2 aromatic rings. The molecule has 1 amide bonds. The van der Waals surface area contributed by atoms with Crippen LogP contribution in [0.3, 0.4) is 0 Å². The molecule has 2 aliphatic carbocycles. The second-order valence-electron chi connectivity index (χ2n) is 10.7. The molecule has 9 heteroatoms. The van der Waals surface area contributed by atoms with Gasteiger partial charge in [-0.1, -0.05) is 17.7 Å². The molecular weight excluding hydrogens is 468 g/mol. The minimum atomic E-state index is -3.79. The van der Waals surface area contributed by atoms with E-state index < -0.39 is 27.4 Å². The Morgan fingerprint density at radius 3 is 2.46 bits per heavy atom. The van der Waals surface area contributed by atoms with Crippen molar-refractivity contribution in [2.45, 2.75) is 76.3 Å². The van der Waals surface area contributed by atoms with E-state index in [-0.39, 0.29) is 17.4 Å². The van der Waals surface area contributed by atoms with Gasteiger partial charge in [-0.05, 0) is 89.5 Å². The number of fused-ring (bicyclic) bond motifs is 1. The first-order valence-electron chi connectivity index (χ1n) is 11.9. The summed E-state index contributed by atoms with van der Waals surface area (Å²) in [6.45, 7) is 9.80. The number of amides is 1. The van der Waals surface area contributed by atoms with Crippen molar-refractivity contribution >= 4 is 16.2 Å². The van der Waals surface area contributed by atoms with Crippen LogP contribution in [0.1, 0.15) is 55.9 Å². The number of nitrogens with zero attached hydrogens (tertiary/aromatic N) is 1. The van der Waals surface area contributed by atoms with Crippen LogP contribution in [0.4, 0.5) is 4.79 Å². The standard InChI is InChI=1S/C26H34N2O6S/c1-17-6-8-21(9-7-17)35(30,31)33-15-19-12-20-14-27-23(18(2)22(20)13-19)32-16-26(10-11-26)28-24(29)34-25(3,4)5/h6-9,14,19H,10-13,15-16H2,1-5H3,(H,28,29). The van der Waals surface area contributed by atoms with Crippen molar-refractivity contribution in [1.82, 2.24) is 10.3 Å². The summed E-state index contributed by atoms with van der Waals surface area (Å²) in [7, 11) is -3.79. The molecule has 0 spiro atoms. The Balaban J connectivity index is 1.33. The number of rotatable bonds is 8. The molecule has 1 N–H and O–H groups in total. The number of ether oxygens (including phenoxy) is 2. The van der Waals surface area contributed by atoms with Crippen LogP contribution in [0, 0.1) is 19.8 Å². The van der Waals surface area contributed by atoms with Crippen LogP contribution < -0.4 is 10.1 Å². The highest BCUT2D eigenvalue weighted by Crippen LogP contribution is 2.38. The fraction of sp³-hybridized carbons (Fsp3) is 0.538. The first kappa shape index (κ1) is 25.4. The lowest BCUT2D eigenvalue weighted by Gasteiger charge is -2.23. The van der Waals surface area contributed by atoms with E-state index in [2.05, 4.69) is 10.3 Å². The van der Waals surface area contributed by atoms with Gasteiger partial charge < -0.3 is 14.8 Å². The number of aromatic nitrogens is 1. The van der Waals surface area contributed by atoms with Crippen molar-refractivity contribution in [3.8, 4) is 5.88 Å². The lowest BCUT2D eigenvalue weighted by atomic mass is 10.1. The van der Waals surface area contributed by atoms with Gasteiger partial charge >= 0.3 is 6.09 Å². The van der Waals surface area contributed by atoms with E-state index in [1.54, 1.807) is 30.5 Å². The number of aryl methyl sites for hydroxylation is 1. The van der Waals surface area contributed by atoms with Crippen molar-refractivity contribution in [3.63, 3.8) is 0 Å². The van der Waals surface area contributed by atoms with E-state index in [9.17, 15) is 13.2 Å². The highest BCUT2D eigenvalue weighted by Gasteiger charge is 2.46. The smallest absolute Gasteiger partial charge is 0.408 e. The highest BCUT2D eigenvalue weighted by atomic mass is 32.2. The van der Waals surface area contributed by atoms with Gasteiger partial charge in [0.05, 0.1) is 17.0 Å². The van der Waals surface area contributed by atoms with E-state index in [4.69, 9.17) is 13.7 Å². The van der Waals surface area contributed by atoms with Crippen molar-refractivity contribution in [1.29, 1.82) is 0 Å². The van der Waals surface area contributed by atoms with E-state index in [0.29, 0.717) is 25.3 Å². The number of nitrogens with one attached hydrogen (secondary N) is 1. The summed E-state index contributed by atoms with van der Waals surface area (Å²) in [4.78, 5) is 16.8. The molecule has 0 bridgehead atoms. The highest BCUT2D eigenvalue weighted by molar-refractivity contribution is 7.86. The summed E-state index contributed by atoms with van der Waals surface area (Å²) in [6.07, 6.45) is 4.41. The maximum Gasteiger partial charge on any atom is 0.408 e. The van der Waals surface area contributed by atoms with Gasteiger partial charge in [0, 0.05) is 11.8 Å². The van der Waals surface area contributed by atoms with E-state index in [0.717, 1.165) is 35.1 Å². The number of hydrogen-bond donors (Lipinski definition) is 1. The van der Waals surface area contributed by atoms with Gasteiger partial charge in [0.25, 0.3) is 10.1 Å². The molecule has 0 aliphatic heterocycles. The Morgan fingerprint density at radius 1 is 1.14 bits per heavy atom. The molecule has 4 rings (SSSR count). The number of carbonyl (C=O) groups is 1. The molecule has 8 nitrogen and oxygen atoms in total. The average Bonchev–Trinajstić information content (AvgIpc) is 3.37. The minimum absolute atomic E-state index is 0.0459. The summed E-state index contributed by atoms with van der Waals surface area (Å²) in [5, 5.41) is 2.93. The normalized spacial score (nSPS) is 18.6. The number of alkyl carbamates (subject to hydrolysis) is 1. The Hall–Kier alpha value is -2.65. The number of pyridine rings is 1. The predicted molar refractivity (Wildman–Crippen MR) is 131 cm³/mol. The summed E-state index contributed by atoms with van der Waals surface area (Å²) in [6, 6.07) is 6.65. The maximum atomic E-state index is 12.5. The molecule has 1 aromatic carbocycles. The molecule has 1 unspecified atom stereocenters. The number of carbonyl (C=O) groups excluding carboxylic acids is 1. The summed E-state index contributed by atoms with van der Waals surface area (Å²) in [5.41, 5.74) is 3.17. The van der Waals surface area contributed by atoms with Gasteiger partial charge in [0.15, 0.2) is 0 Å². The topological polar surface area (TPSA) is 104 Å². The molecule has 1 saturated carbocycles. The monoisotopic (exact) mass is 502 g/mol. The van der Waals surface area contributed by atoms with Gasteiger partial charge in [-0.3, -0.25) is 4.18 Å². The SMILES string of the molecule is Cc1ccc(S(=O)(=O)OCC2Cc3cnc(OCC4(NC(=O)OC(C)(C)C)CC4)c(C)c3C2)cc1. The van der Waals surface area contributed by atoms with E-state index >= 15 is 0 Å². The van der Waals surface area contributed by atoms with Gasteiger partial charge in [-0.25, -0.2) is 9.78 Å². The van der Waals surface area contributed by atoms with Crippen LogP contribution in [0.5, 0.6) is 5.88 Å². The minimum Gasteiger partial charge on any atom is -0.475 e. The third-order valence-electron chi connectivity index (χ3n) is 6.37. The molecule has 1 atom stereocenters. The zero-order chi connectivity index (χ0) is 25.4. The summed E-state index contributed by atoms with van der Waals surface area (Å²) in [5.74, 6) is 0.583. The molecule has 35 heavy (non-hydrogen) atoms. The molecule has 0 radical (unpaired) electrons. The first-order chi connectivity index (χ1) is 16.4. The molecule has 1 heterocycles. The van der Waals surface area contributed by atoms with Crippen LogP contribution in [-0.2, 0) is 31.9 Å². The van der Waals surface area contributed by atoms with Crippen LogP contribution in [0.25, 0.3) is 0 Å². The largest absolute Gasteiger partial charge is 0.475 e. The number of benzene rings is 1. The zero-order valence-electron chi connectivity index (χ0n) is 21.0. The van der Waals surface area contributed by atoms with Crippen LogP contribution in [0.15, 0.2) is 35.4 Å².